The number of aryl methyl sites for hydroxylation is 2. The van der Waals surface area contributed by atoms with Crippen molar-refractivity contribution in [3.63, 3.8) is 0 Å². The average Bonchev–Trinajstić information content (AvgIpc) is 2.69. The Hall–Kier alpha value is -2.58. The lowest BCUT2D eigenvalue weighted by Gasteiger charge is -2.23. The molecule has 0 spiro atoms. The zero-order valence-corrected chi connectivity index (χ0v) is 16.4. The van der Waals surface area contributed by atoms with Crippen LogP contribution in [0.5, 0.6) is 5.75 Å². The van der Waals surface area contributed by atoms with Gasteiger partial charge < -0.3 is 4.74 Å². The topological polar surface area (TPSA) is 12.5 Å². The lowest BCUT2D eigenvalue weighted by Crippen LogP contribution is -2.24. The van der Waals surface area contributed by atoms with E-state index in [9.17, 15) is 0 Å². The molecule has 27 heavy (non-hydrogen) atoms. The van der Waals surface area contributed by atoms with Crippen molar-refractivity contribution in [2.45, 2.75) is 32.9 Å². The van der Waals surface area contributed by atoms with Gasteiger partial charge in [-0.15, -0.1) is 0 Å². The number of benzene rings is 3. The summed E-state index contributed by atoms with van der Waals surface area (Å²) >= 11 is 0. The van der Waals surface area contributed by atoms with Crippen LogP contribution >= 0.6 is 0 Å². The summed E-state index contributed by atoms with van der Waals surface area (Å²) in [7, 11) is 1.73. The molecule has 0 amide bonds. The van der Waals surface area contributed by atoms with Gasteiger partial charge in [0.15, 0.2) is 0 Å². The van der Waals surface area contributed by atoms with Crippen LogP contribution in [0.3, 0.4) is 0 Å². The zero-order valence-electron chi connectivity index (χ0n) is 16.4. The fourth-order valence-electron chi connectivity index (χ4n) is 3.46. The van der Waals surface area contributed by atoms with Crippen LogP contribution in [0.4, 0.5) is 0 Å². The van der Waals surface area contributed by atoms with E-state index in [1.165, 1.54) is 22.3 Å². The Morgan fingerprint density at radius 3 is 2.11 bits per heavy atom. The second-order valence-electron chi connectivity index (χ2n) is 7.14. The Labute approximate surface area is 163 Å². The first-order chi connectivity index (χ1) is 13.2. The van der Waals surface area contributed by atoms with Gasteiger partial charge in [0.2, 0.25) is 0 Å². The van der Waals surface area contributed by atoms with Gasteiger partial charge in [-0.25, -0.2) is 0 Å². The molecule has 0 saturated heterocycles. The van der Waals surface area contributed by atoms with Crippen molar-refractivity contribution in [3.05, 3.63) is 101 Å². The number of hydrogen-bond acceptors (Lipinski definition) is 2. The average molecular weight is 360 g/mol. The largest absolute Gasteiger partial charge is 0.497 e. The SMILES string of the molecule is COc1cccc(CN(CCCc2ccccc2)Cc2cccc(C)c2)c1. The molecule has 0 fully saturated rings. The summed E-state index contributed by atoms with van der Waals surface area (Å²) < 4.78 is 5.39. The Morgan fingerprint density at radius 1 is 0.741 bits per heavy atom. The van der Waals surface area contributed by atoms with E-state index in [1.54, 1.807) is 7.11 Å². The van der Waals surface area contributed by atoms with Crippen LogP contribution in [0.25, 0.3) is 0 Å². The van der Waals surface area contributed by atoms with Crippen LogP contribution in [0, 0.1) is 6.92 Å². The van der Waals surface area contributed by atoms with Gasteiger partial charge in [-0.05, 0) is 55.1 Å². The Morgan fingerprint density at radius 2 is 1.41 bits per heavy atom. The van der Waals surface area contributed by atoms with E-state index >= 15 is 0 Å². The van der Waals surface area contributed by atoms with E-state index in [0.29, 0.717) is 0 Å². The van der Waals surface area contributed by atoms with Crippen molar-refractivity contribution >= 4 is 0 Å². The summed E-state index contributed by atoms with van der Waals surface area (Å²) in [4.78, 5) is 2.53. The minimum Gasteiger partial charge on any atom is -0.497 e. The van der Waals surface area contributed by atoms with Gasteiger partial charge in [0.25, 0.3) is 0 Å². The molecular formula is C25H29NO. The van der Waals surface area contributed by atoms with Crippen LogP contribution in [-0.4, -0.2) is 18.6 Å². The summed E-state index contributed by atoms with van der Waals surface area (Å²) in [5.74, 6) is 0.923. The molecule has 0 atom stereocenters. The van der Waals surface area contributed by atoms with Crippen molar-refractivity contribution in [2.24, 2.45) is 0 Å². The summed E-state index contributed by atoms with van der Waals surface area (Å²) in [6, 6.07) is 28.0. The van der Waals surface area contributed by atoms with E-state index in [1.807, 2.05) is 6.07 Å². The van der Waals surface area contributed by atoms with E-state index < -0.39 is 0 Å². The number of ether oxygens (including phenoxy) is 1. The predicted molar refractivity (Wildman–Crippen MR) is 113 cm³/mol. The first kappa shape index (κ1) is 19.2. The van der Waals surface area contributed by atoms with Gasteiger partial charge in [-0.1, -0.05) is 72.3 Å². The van der Waals surface area contributed by atoms with Crippen LogP contribution in [0.2, 0.25) is 0 Å². The quantitative estimate of drug-likeness (QED) is 0.490. The van der Waals surface area contributed by atoms with Crippen LogP contribution in [0.1, 0.15) is 28.7 Å². The molecule has 0 aromatic heterocycles. The first-order valence-electron chi connectivity index (χ1n) is 9.68. The molecular weight excluding hydrogens is 330 g/mol. The highest BCUT2D eigenvalue weighted by Gasteiger charge is 2.09. The second-order valence-corrected chi connectivity index (χ2v) is 7.14. The van der Waals surface area contributed by atoms with Crippen molar-refractivity contribution in [3.8, 4) is 5.75 Å². The molecule has 140 valence electrons. The fourth-order valence-corrected chi connectivity index (χ4v) is 3.46. The van der Waals surface area contributed by atoms with Crippen molar-refractivity contribution in [2.75, 3.05) is 13.7 Å². The first-order valence-corrected chi connectivity index (χ1v) is 9.68. The predicted octanol–water partition coefficient (Wildman–Crippen LogP) is 5.64. The summed E-state index contributed by atoms with van der Waals surface area (Å²) in [6.07, 6.45) is 2.27. The Bertz CT molecular complexity index is 828. The fraction of sp³-hybridized carbons (Fsp3) is 0.280. The summed E-state index contributed by atoms with van der Waals surface area (Å²) in [6.45, 7) is 5.12. The second kappa shape index (κ2) is 9.94. The molecule has 3 aromatic rings. The highest BCUT2D eigenvalue weighted by molar-refractivity contribution is 5.28. The third-order valence-electron chi connectivity index (χ3n) is 4.81. The third-order valence-corrected chi connectivity index (χ3v) is 4.81. The molecule has 0 bridgehead atoms. The van der Waals surface area contributed by atoms with E-state index in [-0.39, 0.29) is 0 Å². The van der Waals surface area contributed by atoms with Crippen LogP contribution in [-0.2, 0) is 19.5 Å². The maximum absolute atomic E-state index is 5.39. The van der Waals surface area contributed by atoms with Crippen LogP contribution in [0.15, 0.2) is 78.9 Å². The molecule has 2 nitrogen and oxygen atoms in total. The normalized spacial score (nSPS) is 10.9. The highest BCUT2D eigenvalue weighted by Crippen LogP contribution is 2.17. The van der Waals surface area contributed by atoms with Gasteiger partial charge in [-0.3, -0.25) is 4.90 Å². The van der Waals surface area contributed by atoms with E-state index in [0.717, 1.165) is 38.2 Å². The lowest BCUT2D eigenvalue weighted by atomic mass is 10.1. The van der Waals surface area contributed by atoms with Gasteiger partial charge in [0.05, 0.1) is 7.11 Å². The van der Waals surface area contributed by atoms with E-state index in [4.69, 9.17) is 4.74 Å². The molecule has 0 saturated carbocycles. The Kier molecular flexibility index (Phi) is 7.06. The molecule has 3 rings (SSSR count). The zero-order chi connectivity index (χ0) is 18.9. The lowest BCUT2D eigenvalue weighted by molar-refractivity contribution is 0.253. The van der Waals surface area contributed by atoms with Crippen molar-refractivity contribution < 1.29 is 4.74 Å². The number of rotatable bonds is 9. The smallest absolute Gasteiger partial charge is 0.119 e. The summed E-state index contributed by atoms with van der Waals surface area (Å²) in [5, 5.41) is 0. The third kappa shape index (κ3) is 6.26. The van der Waals surface area contributed by atoms with Crippen molar-refractivity contribution in [1.29, 1.82) is 0 Å². The molecule has 2 heteroatoms. The molecule has 0 N–H and O–H groups in total. The molecule has 0 unspecified atom stereocenters. The number of hydrogen-bond donors (Lipinski definition) is 0. The molecule has 0 heterocycles. The molecule has 0 aliphatic heterocycles. The number of nitrogens with zero attached hydrogens (tertiary/aromatic N) is 1. The van der Waals surface area contributed by atoms with Gasteiger partial charge >= 0.3 is 0 Å². The van der Waals surface area contributed by atoms with Gasteiger partial charge in [0.1, 0.15) is 5.75 Å². The standard InChI is InChI=1S/C25H29NO/c1-21-9-6-12-23(17-21)19-26(16-8-14-22-10-4-3-5-11-22)20-24-13-7-15-25(18-24)27-2/h3-7,9-13,15,17-18H,8,14,16,19-20H2,1-2H3. The van der Waals surface area contributed by atoms with Gasteiger partial charge in [0, 0.05) is 13.1 Å². The summed E-state index contributed by atoms with van der Waals surface area (Å²) in [5.41, 5.74) is 5.40. The minimum absolute atomic E-state index is 0.923. The molecule has 0 aliphatic rings. The monoisotopic (exact) mass is 359 g/mol. The maximum atomic E-state index is 5.39. The number of methoxy groups -OCH3 is 1. The highest BCUT2D eigenvalue weighted by atomic mass is 16.5. The van der Waals surface area contributed by atoms with Crippen molar-refractivity contribution in [1.82, 2.24) is 4.90 Å². The Balaban J connectivity index is 1.67. The molecule has 0 radical (unpaired) electrons. The van der Waals surface area contributed by atoms with Crippen LogP contribution < -0.4 is 4.74 Å². The van der Waals surface area contributed by atoms with E-state index in [2.05, 4.69) is 84.6 Å². The molecule has 3 aromatic carbocycles. The maximum Gasteiger partial charge on any atom is 0.119 e. The minimum atomic E-state index is 0.923. The molecule has 0 aliphatic carbocycles. The van der Waals surface area contributed by atoms with Gasteiger partial charge in [-0.2, -0.15) is 0 Å².